The maximum Gasteiger partial charge on any atom is 0.123 e. The lowest BCUT2D eigenvalue weighted by atomic mass is 9.87. The lowest BCUT2D eigenvalue weighted by Crippen LogP contribution is -2.49. The van der Waals surface area contributed by atoms with E-state index in [1.54, 1.807) is 17.8 Å². The van der Waals surface area contributed by atoms with Crippen LogP contribution >= 0.6 is 34.4 Å². The summed E-state index contributed by atoms with van der Waals surface area (Å²) in [5.74, 6) is -0.0362. The lowest BCUT2D eigenvalue weighted by molar-refractivity contribution is 0.0595. The van der Waals surface area contributed by atoms with Crippen LogP contribution in [0, 0.1) is 9.39 Å². The first-order chi connectivity index (χ1) is 14.5. The van der Waals surface area contributed by atoms with E-state index >= 15 is 0 Å². The highest BCUT2D eigenvalue weighted by Gasteiger charge is 2.27. The highest BCUT2D eigenvalue weighted by molar-refractivity contribution is 14.1. The van der Waals surface area contributed by atoms with Crippen LogP contribution in [0.1, 0.15) is 23.5 Å². The summed E-state index contributed by atoms with van der Waals surface area (Å²) in [6.07, 6.45) is 0.986. The number of aliphatic hydroxyl groups excluding tert-OH is 2. The molecule has 0 bridgehead atoms. The zero-order valence-corrected chi connectivity index (χ0v) is 19.9. The minimum absolute atomic E-state index is 0.163. The number of nitrogens with zero attached hydrogens (tertiary/aromatic N) is 2. The number of piperazine rings is 1. The van der Waals surface area contributed by atoms with Gasteiger partial charge in [-0.05, 0) is 88.9 Å². The third kappa shape index (κ3) is 5.55. The maximum absolute atomic E-state index is 13.9. The molecule has 1 unspecified atom stereocenters. The molecule has 0 aromatic heterocycles. The molecule has 0 saturated carbocycles. The number of halogens is 2. The van der Waals surface area contributed by atoms with Crippen LogP contribution in [0.5, 0.6) is 0 Å². The average Bonchev–Trinajstić information content (AvgIpc) is 2.86. The van der Waals surface area contributed by atoms with Gasteiger partial charge < -0.3 is 10.2 Å². The summed E-state index contributed by atoms with van der Waals surface area (Å²) in [7, 11) is 0. The standard InChI is InChI=1S/C23H28FIN2O2S/c24-18-1-3-22-17(12-18)11-16(21-14-19(25)2-4-23(21)30-22)13-20(29)15-27-7-5-26(6-8-27)9-10-28/h1-4,12,14,16,20,28-29H,5-11,13,15H2/t16-,20?/m1/s1. The SMILES string of the molecule is OCCN1CCN(CC(O)C[C@H]2Cc3cc(F)ccc3Sc3ccc(I)cc32)CC1. The van der Waals surface area contributed by atoms with Gasteiger partial charge in [0.25, 0.3) is 0 Å². The van der Waals surface area contributed by atoms with Crippen LogP contribution in [0.25, 0.3) is 0 Å². The Labute approximate surface area is 195 Å². The zero-order valence-electron chi connectivity index (χ0n) is 16.9. The molecule has 2 aliphatic heterocycles. The predicted octanol–water partition coefficient (Wildman–Crippen LogP) is 3.58. The Hall–Kier alpha value is -0.710. The van der Waals surface area contributed by atoms with Gasteiger partial charge in [0, 0.05) is 52.6 Å². The third-order valence-electron chi connectivity index (χ3n) is 6.03. The van der Waals surface area contributed by atoms with Crippen molar-refractivity contribution >= 4 is 34.4 Å². The normalized spacial score (nSPS) is 21.0. The van der Waals surface area contributed by atoms with Gasteiger partial charge in [0.1, 0.15) is 5.82 Å². The molecule has 4 rings (SSSR count). The van der Waals surface area contributed by atoms with E-state index in [-0.39, 0.29) is 18.3 Å². The van der Waals surface area contributed by atoms with Crippen LogP contribution in [0.2, 0.25) is 0 Å². The molecule has 2 N–H and O–H groups in total. The van der Waals surface area contributed by atoms with Crippen molar-refractivity contribution in [3.8, 4) is 0 Å². The van der Waals surface area contributed by atoms with Gasteiger partial charge in [0.15, 0.2) is 0 Å². The fourth-order valence-electron chi connectivity index (χ4n) is 4.48. The first-order valence-electron chi connectivity index (χ1n) is 10.5. The molecule has 1 fully saturated rings. The van der Waals surface area contributed by atoms with E-state index in [1.165, 1.54) is 20.1 Å². The van der Waals surface area contributed by atoms with E-state index in [0.29, 0.717) is 13.0 Å². The van der Waals surface area contributed by atoms with Crippen molar-refractivity contribution < 1.29 is 14.6 Å². The molecule has 0 radical (unpaired) electrons. The summed E-state index contributed by atoms with van der Waals surface area (Å²) in [5.41, 5.74) is 2.29. The Kier molecular flexibility index (Phi) is 7.70. The fourth-order valence-corrected chi connectivity index (χ4v) is 6.12. The topological polar surface area (TPSA) is 46.9 Å². The van der Waals surface area contributed by atoms with Crippen molar-refractivity contribution in [2.24, 2.45) is 0 Å². The van der Waals surface area contributed by atoms with Crippen molar-refractivity contribution in [1.82, 2.24) is 9.80 Å². The van der Waals surface area contributed by atoms with Crippen molar-refractivity contribution in [3.63, 3.8) is 0 Å². The first kappa shape index (κ1) is 22.5. The van der Waals surface area contributed by atoms with E-state index in [4.69, 9.17) is 5.11 Å². The van der Waals surface area contributed by atoms with Gasteiger partial charge >= 0.3 is 0 Å². The van der Waals surface area contributed by atoms with Crippen LogP contribution in [0.15, 0.2) is 46.2 Å². The van der Waals surface area contributed by atoms with E-state index < -0.39 is 6.10 Å². The lowest BCUT2D eigenvalue weighted by Gasteiger charge is -2.35. The van der Waals surface area contributed by atoms with Gasteiger partial charge in [-0.2, -0.15) is 0 Å². The smallest absolute Gasteiger partial charge is 0.123 e. The average molecular weight is 542 g/mol. The molecule has 2 aromatic rings. The van der Waals surface area contributed by atoms with E-state index in [0.717, 1.165) is 49.6 Å². The van der Waals surface area contributed by atoms with Crippen molar-refractivity contribution in [2.45, 2.75) is 34.7 Å². The Morgan fingerprint density at radius 3 is 2.57 bits per heavy atom. The monoisotopic (exact) mass is 542 g/mol. The molecule has 0 aliphatic carbocycles. The number of β-amino-alcohol motifs (C(OH)–C–C–N with tert-alkyl or cyclic N) is 2. The molecule has 7 heteroatoms. The molecular weight excluding hydrogens is 514 g/mol. The van der Waals surface area contributed by atoms with Crippen LogP contribution in [0.3, 0.4) is 0 Å². The second kappa shape index (κ2) is 10.3. The van der Waals surface area contributed by atoms with Gasteiger partial charge in [-0.3, -0.25) is 9.80 Å². The summed E-state index contributed by atoms with van der Waals surface area (Å²) < 4.78 is 15.1. The number of hydrogen-bond donors (Lipinski definition) is 2. The van der Waals surface area contributed by atoms with Crippen LogP contribution in [-0.2, 0) is 6.42 Å². The largest absolute Gasteiger partial charge is 0.395 e. The molecule has 162 valence electrons. The van der Waals surface area contributed by atoms with Gasteiger partial charge in [-0.1, -0.05) is 11.8 Å². The summed E-state index contributed by atoms with van der Waals surface area (Å²) >= 11 is 4.04. The zero-order chi connectivity index (χ0) is 21.1. The Morgan fingerprint density at radius 2 is 1.80 bits per heavy atom. The van der Waals surface area contributed by atoms with E-state index in [2.05, 4.69) is 50.6 Å². The number of benzene rings is 2. The number of hydrogen-bond acceptors (Lipinski definition) is 5. The van der Waals surface area contributed by atoms with Gasteiger partial charge in [0.05, 0.1) is 12.7 Å². The summed E-state index contributed by atoms with van der Waals surface area (Å²) in [4.78, 5) is 6.88. The molecular formula is C23H28FIN2O2S. The number of rotatable bonds is 6. The van der Waals surface area contributed by atoms with Gasteiger partial charge in [0.2, 0.25) is 0 Å². The molecule has 0 amide bonds. The summed E-state index contributed by atoms with van der Waals surface area (Å²) in [6.45, 7) is 5.28. The minimum Gasteiger partial charge on any atom is -0.395 e. The predicted molar refractivity (Wildman–Crippen MR) is 127 cm³/mol. The minimum atomic E-state index is -0.426. The first-order valence-corrected chi connectivity index (χ1v) is 12.4. The fraction of sp³-hybridized carbons (Fsp3) is 0.478. The summed E-state index contributed by atoms with van der Waals surface area (Å²) in [5, 5.41) is 20.0. The van der Waals surface area contributed by atoms with Crippen molar-refractivity contribution in [2.75, 3.05) is 45.9 Å². The molecule has 0 spiro atoms. The van der Waals surface area contributed by atoms with Crippen LogP contribution in [0.4, 0.5) is 4.39 Å². The number of aliphatic hydroxyl groups is 2. The number of fused-ring (bicyclic) bond motifs is 2. The van der Waals surface area contributed by atoms with Gasteiger partial charge in [-0.15, -0.1) is 0 Å². The molecule has 2 aromatic carbocycles. The van der Waals surface area contributed by atoms with Gasteiger partial charge in [-0.25, -0.2) is 4.39 Å². The quantitative estimate of drug-likeness (QED) is 0.547. The molecule has 4 nitrogen and oxygen atoms in total. The second-order valence-electron chi connectivity index (χ2n) is 8.19. The van der Waals surface area contributed by atoms with Crippen molar-refractivity contribution in [1.29, 1.82) is 0 Å². The molecule has 2 atom stereocenters. The second-order valence-corrected chi connectivity index (χ2v) is 10.5. The van der Waals surface area contributed by atoms with Crippen LogP contribution in [-0.4, -0.2) is 72.0 Å². The van der Waals surface area contributed by atoms with Crippen molar-refractivity contribution in [3.05, 3.63) is 56.9 Å². The van der Waals surface area contributed by atoms with Crippen LogP contribution < -0.4 is 0 Å². The highest BCUT2D eigenvalue weighted by Crippen LogP contribution is 2.43. The van der Waals surface area contributed by atoms with E-state index in [1.807, 2.05) is 6.07 Å². The highest BCUT2D eigenvalue weighted by atomic mass is 127. The third-order valence-corrected chi connectivity index (χ3v) is 7.91. The summed E-state index contributed by atoms with van der Waals surface area (Å²) in [6, 6.07) is 11.5. The maximum atomic E-state index is 13.9. The molecule has 30 heavy (non-hydrogen) atoms. The Balaban J connectivity index is 1.47. The van der Waals surface area contributed by atoms with E-state index in [9.17, 15) is 9.50 Å². The Morgan fingerprint density at radius 1 is 1.07 bits per heavy atom. The molecule has 1 saturated heterocycles. The molecule has 2 heterocycles. The Bertz CT molecular complexity index is 876. The molecule has 2 aliphatic rings.